The summed E-state index contributed by atoms with van der Waals surface area (Å²) < 4.78 is 6.27. The van der Waals surface area contributed by atoms with Crippen LogP contribution in [0.2, 0.25) is 0 Å². The second-order valence-electron chi connectivity index (χ2n) is 14.0. The highest BCUT2D eigenvalue weighted by Gasteiger charge is 2.17. The molecule has 0 aliphatic rings. The molecule has 256 valence electrons. The van der Waals surface area contributed by atoms with Crippen molar-refractivity contribution in [3.63, 3.8) is 0 Å². The molecule has 2 aromatic heterocycles. The summed E-state index contributed by atoms with van der Waals surface area (Å²) in [6.07, 6.45) is 0. The molecule has 0 spiro atoms. The summed E-state index contributed by atoms with van der Waals surface area (Å²) in [7, 11) is 0. The molecule has 0 saturated heterocycles. The fraction of sp³-hybridized carbons (Fsp3) is 0. The van der Waals surface area contributed by atoms with Gasteiger partial charge in [0.15, 0.2) is 17.5 Å². The summed E-state index contributed by atoms with van der Waals surface area (Å²) in [4.78, 5) is 15.6. The van der Waals surface area contributed by atoms with Crippen LogP contribution in [0.25, 0.3) is 111 Å². The monoisotopic (exact) mass is 701 g/mol. The first-order chi connectivity index (χ1) is 27.2. The van der Waals surface area contributed by atoms with Gasteiger partial charge in [-0.15, -0.1) is 0 Å². The molecule has 0 amide bonds. The molecule has 0 atom stereocenters. The van der Waals surface area contributed by atoms with Crippen molar-refractivity contribution in [2.24, 2.45) is 0 Å². The Bertz CT molecular complexity index is 3260. The van der Waals surface area contributed by atoms with Gasteiger partial charge in [-0.1, -0.05) is 152 Å². The molecule has 0 radical (unpaired) electrons. The van der Waals surface area contributed by atoms with Crippen molar-refractivity contribution in [2.75, 3.05) is 0 Å². The zero-order valence-electron chi connectivity index (χ0n) is 29.6. The minimum Gasteiger partial charge on any atom is -0.456 e. The molecule has 0 aliphatic carbocycles. The van der Waals surface area contributed by atoms with Gasteiger partial charge >= 0.3 is 0 Å². The fourth-order valence-corrected chi connectivity index (χ4v) is 7.93. The zero-order chi connectivity index (χ0) is 36.3. The zero-order valence-corrected chi connectivity index (χ0v) is 29.6. The lowest BCUT2D eigenvalue weighted by atomic mass is 9.95. The summed E-state index contributed by atoms with van der Waals surface area (Å²) in [5.74, 6) is 1.86. The molecule has 4 nitrogen and oxygen atoms in total. The highest BCUT2D eigenvalue weighted by molar-refractivity contribution is 6.10. The number of hydrogen-bond acceptors (Lipinski definition) is 4. The molecular weight excluding hydrogens is 671 g/mol. The summed E-state index contributed by atoms with van der Waals surface area (Å²) in [5, 5.41) is 8.94. The largest absolute Gasteiger partial charge is 0.456 e. The van der Waals surface area contributed by atoms with Crippen LogP contribution >= 0.6 is 0 Å². The summed E-state index contributed by atoms with van der Waals surface area (Å²) >= 11 is 0. The van der Waals surface area contributed by atoms with Gasteiger partial charge in [-0.25, -0.2) is 15.0 Å². The van der Waals surface area contributed by atoms with E-state index in [1.54, 1.807) is 0 Å². The Morgan fingerprint density at radius 3 is 1.53 bits per heavy atom. The average molecular weight is 702 g/mol. The van der Waals surface area contributed by atoms with E-state index in [9.17, 15) is 0 Å². The number of aromatic nitrogens is 3. The van der Waals surface area contributed by atoms with Crippen molar-refractivity contribution in [1.29, 1.82) is 0 Å². The van der Waals surface area contributed by atoms with Crippen molar-refractivity contribution in [1.82, 2.24) is 15.0 Å². The molecule has 0 fully saturated rings. The molecule has 9 aromatic carbocycles. The van der Waals surface area contributed by atoms with Gasteiger partial charge in [0, 0.05) is 27.5 Å². The van der Waals surface area contributed by atoms with E-state index < -0.39 is 0 Å². The third-order valence-electron chi connectivity index (χ3n) is 10.7. The second kappa shape index (κ2) is 12.6. The molecule has 4 heteroatoms. The van der Waals surface area contributed by atoms with Crippen molar-refractivity contribution < 1.29 is 4.42 Å². The summed E-state index contributed by atoms with van der Waals surface area (Å²) in [6.45, 7) is 0. The molecular formula is C51H31N3O. The predicted molar refractivity (Wildman–Crippen MR) is 227 cm³/mol. The molecule has 55 heavy (non-hydrogen) atoms. The molecule has 11 rings (SSSR count). The lowest BCUT2D eigenvalue weighted by Gasteiger charge is -2.13. The van der Waals surface area contributed by atoms with Gasteiger partial charge in [0.25, 0.3) is 0 Å². The maximum atomic E-state index is 6.27. The van der Waals surface area contributed by atoms with E-state index in [0.717, 1.165) is 70.9 Å². The molecule has 0 unspecified atom stereocenters. The van der Waals surface area contributed by atoms with Crippen LogP contribution in [0.15, 0.2) is 192 Å². The number of fused-ring (bicyclic) bond motifs is 6. The lowest BCUT2D eigenvalue weighted by Crippen LogP contribution is -2.01. The normalized spacial score (nSPS) is 11.6. The number of hydrogen-bond donors (Lipinski definition) is 0. The van der Waals surface area contributed by atoms with Crippen molar-refractivity contribution in [2.45, 2.75) is 0 Å². The Morgan fingerprint density at radius 2 is 0.800 bits per heavy atom. The van der Waals surface area contributed by atoms with E-state index >= 15 is 0 Å². The van der Waals surface area contributed by atoms with Crippen LogP contribution in [0, 0.1) is 0 Å². The van der Waals surface area contributed by atoms with Crippen molar-refractivity contribution >= 4 is 54.3 Å². The standard InChI is InChI=1S/C51H31N3O/c1-3-11-32(12-4-1)34-21-22-36-28-38(25-23-35(36)27-34)49-52-50(39-26-24-37-30-46-44-15-7-8-20-47(44)55-48(46)31-40(37)29-39)54-51(53-49)45-19-10-17-42-41(16-9-18-43(42)45)33-13-5-2-6-14-33/h1-31H. The number of furan rings is 1. The van der Waals surface area contributed by atoms with Gasteiger partial charge in [-0.05, 0) is 91.0 Å². The van der Waals surface area contributed by atoms with Crippen molar-refractivity contribution in [3.8, 4) is 56.4 Å². The Balaban J connectivity index is 1.09. The van der Waals surface area contributed by atoms with Crippen LogP contribution in [0.1, 0.15) is 0 Å². The van der Waals surface area contributed by atoms with E-state index in [-0.39, 0.29) is 0 Å². The number of rotatable bonds is 5. The van der Waals surface area contributed by atoms with Crippen LogP contribution < -0.4 is 0 Å². The van der Waals surface area contributed by atoms with Crippen LogP contribution in [0.3, 0.4) is 0 Å². The number of benzene rings is 9. The fourth-order valence-electron chi connectivity index (χ4n) is 7.93. The van der Waals surface area contributed by atoms with Gasteiger partial charge < -0.3 is 4.42 Å². The second-order valence-corrected chi connectivity index (χ2v) is 14.0. The maximum absolute atomic E-state index is 6.27. The molecule has 11 aromatic rings. The van der Waals surface area contributed by atoms with Gasteiger partial charge in [-0.2, -0.15) is 0 Å². The molecule has 2 heterocycles. The SMILES string of the molecule is c1ccc(-c2ccc3cc(-c4nc(-c5ccc6cc7c(cc6c5)oc5ccccc57)nc(-c5cccc6c(-c7ccccc7)cccc56)n4)ccc3c2)cc1. The first kappa shape index (κ1) is 31.1. The minimum absolute atomic E-state index is 0.613. The van der Waals surface area contributed by atoms with Gasteiger partial charge in [-0.3, -0.25) is 0 Å². The molecule has 0 saturated carbocycles. The van der Waals surface area contributed by atoms with E-state index in [2.05, 4.69) is 170 Å². The third kappa shape index (κ3) is 5.43. The first-order valence-electron chi connectivity index (χ1n) is 18.5. The molecule has 0 bridgehead atoms. The van der Waals surface area contributed by atoms with E-state index in [1.807, 2.05) is 18.2 Å². The van der Waals surface area contributed by atoms with Crippen LogP contribution in [-0.4, -0.2) is 15.0 Å². The summed E-state index contributed by atoms with van der Waals surface area (Å²) in [5.41, 5.74) is 9.27. The lowest BCUT2D eigenvalue weighted by molar-refractivity contribution is 0.669. The highest BCUT2D eigenvalue weighted by Crippen LogP contribution is 2.37. The number of nitrogens with zero attached hydrogens (tertiary/aromatic N) is 3. The quantitative estimate of drug-likeness (QED) is 0.179. The van der Waals surface area contributed by atoms with Gasteiger partial charge in [0.2, 0.25) is 0 Å². The Hall–Kier alpha value is -7.43. The highest BCUT2D eigenvalue weighted by atomic mass is 16.3. The third-order valence-corrected chi connectivity index (χ3v) is 10.7. The van der Waals surface area contributed by atoms with E-state index in [1.165, 1.54) is 22.3 Å². The van der Waals surface area contributed by atoms with E-state index in [4.69, 9.17) is 19.4 Å². The Kier molecular flexibility index (Phi) is 7.14. The maximum Gasteiger partial charge on any atom is 0.164 e. The number of para-hydroxylation sites is 1. The Morgan fingerprint density at radius 1 is 0.273 bits per heavy atom. The topological polar surface area (TPSA) is 51.8 Å². The molecule has 0 aliphatic heterocycles. The Labute approximate surface area is 317 Å². The van der Waals surface area contributed by atoms with Crippen molar-refractivity contribution in [3.05, 3.63) is 188 Å². The molecule has 0 N–H and O–H groups in total. The van der Waals surface area contributed by atoms with Gasteiger partial charge in [0.1, 0.15) is 11.2 Å². The van der Waals surface area contributed by atoms with Crippen LogP contribution in [-0.2, 0) is 0 Å². The smallest absolute Gasteiger partial charge is 0.164 e. The van der Waals surface area contributed by atoms with Crippen LogP contribution in [0.4, 0.5) is 0 Å². The average Bonchev–Trinajstić information content (AvgIpc) is 3.62. The minimum atomic E-state index is 0.613. The van der Waals surface area contributed by atoms with Crippen LogP contribution in [0.5, 0.6) is 0 Å². The predicted octanol–water partition coefficient (Wildman–Crippen LogP) is 13.6. The van der Waals surface area contributed by atoms with Gasteiger partial charge in [0.05, 0.1) is 0 Å². The van der Waals surface area contributed by atoms with E-state index in [0.29, 0.717) is 17.5 Å². The first-order valence-corrected chi connectivity index (χ1v) is 18.5. The summed E-state index contributed by atoms with van der Waals surface area (Å²) in [6, 6.07) is 65.9.